The van der Waals surface area contributed by atoms with Crippen LogP contribution in [0.5, 0.6) is 11.5 Å². The maximum Gasteiger partial charge on any atom is 0.290 e. The minimum Gasteiger partial charge on any atom is -0.493 e. The number of likely N-dealkylation sites (tertiary alicyclic amines) is 1. The molecule has 1 saturated heterocycles. The van der Waals surface area contributed by atoms with E-state index in [4.69, 9.17) is 24.4 Å². The highest BCUT2D eigenvalue weighted by atomic mass is 16.5. The Morgan fingerprint density at radius 3 is 2.62 bits per heavy atom. The second kappa shape index (κ2) is 11.8. The zero-order valence-corrected chi connectivity index (χ0v) is 20.1. The molecule has 4 rings (SSSR count). The molecule has 3 heterocycles. The van der Waals surface area contributed by atoms with Gasteiger partial charge in [0, 0.05) is 36.1 Å². The van der Waals surface area contributed by atoms with Gasteiger partial charge in [-0.2, -0.15) is 0 Å². The summed E-state index contributed by atoms with van der Waals surface area (Å²) in [6.45, 7) is 7.79. The number of rotatable bonds is 9. The van der Waals surface area contributed by atoms with Crippen LogP contribution < -0.4 is 14.8 Å². The van der Waals surface area contributed by atoms with Crippen molar-refractivity contribution in [2.45, 2.75) is 38.7 Å². The molecule has 3 aromatic rings. The van der Waals surface area contributed by atoms with Crippen LogP contribution in [0.4, 0.5) is 5.69 Å². The average molecular weight is 471 g/mol. The topological polar surface area (TPSA) is 117 Å². The van der Waals surface area contributed by atoms with Crippen molar-refractivity contribution in [2.75, 3.05) is 45.2 Å². The lowest BCUT2D eigenvalue weighted by atomic mass is 10.1. The summed E-state index contributed by atoms with van der Waals surface area (Å²) in [5.74, 6) is 1.36. The van der Waals surface area contributed by atoms with Crippen LogP contribution >= 0.6 is 0 Å². The van der Waals surface area contributed by atoms with E-state index in [9.17, 15) is 5.11 Å². The third-order valence-electron chi connectivity index (χ3n) is 5.61. The van der Waals surface area contributed by atoms with Crippen molar-refractivity contribution < 1.29 is 24.5 Å². The van der Waals surface area contributed by atoms with Crippen molar-refractivity contribution in [3.8, 4) is 11.5 Å². The van der Waals surface area contributed by atoms with Crippen LogP contribution in [-0.2, 0) is 4.79 Å². The third kappa shape index (κ3) is 6.68. The number of nitrogens with one attached hydrogen (secondary N) is 1. The lowest BCUT2D eigenvalue weighted by molar-refractivity contribution is -0.122. The molecule has 1 aromatic carbocycles. The fourth-order valence-electron chi connectivity index (χ4n) is 4.03. The molecule has 34 heavy (non-hydrogen) atoms. The Morgan fingerprint density at radius 1 is 1.21 bits per heavy atom. The first-order chi connectivity index (χ1) is 16.4. The smallest absolute Gasteiger partial charge is 0.290 e. The van der Waals surface area contributed by atoms with Crippen LogP contribution in [0.3, 0.4) is 0 Å². The van der Waals surface area contributed by atoms with E-state index in [1.165, 1.54) is 25.9 Å². The number of carboxylic acid groups (broad SMARTS) is 1. The fourth-order valence-corrected chi connectivity index (χ4v) is 4.03. The Kier molecular flexibility index (Phi) is 8.84. The minimum absolute atomic E-state index is 0.250. The normalized spacial score (nSPS) is 14.0. The summed E-state index contributed by atoms with van der Waals surface area (Å²) >= 11 is 0. The molecule has 0 amide bonds. The first-order valence-corrected chi connectivity index (χ1v) is 11.5. The van der Waals surface area contributed by atoms with Gasteiger partial charge >= 0.3 is 0 Å². The number of nitrogens with zero attached hydrogens (tertiary/aromatic N) is 3. The van der Waals surface area contributed by atoms with Gasteiger partial charge in [-0.25, -0.2) is 9.97 Å². The number of anilines is 1. The lowest BCUT2D eigenvalue weighted by Gasteiger charge is -2.21. The van der Waals surface area contributed by atoms with Gasteiger partial charge in [0.15, 0.2) is 17.1 Å². The van der Waals surface area contributed by atoms with E-state index in [-0.39, 0.29) is 6.47 Å². The van der Waals surface area contributed by atoms with Crippen molar-refractivity contribution in [1.82, 2.24) is 14.9 Å². The largest absolute Gasteiger partial charge is 0.493 e. The molecule has 0 aliphatic carbocycles. The highest BCUT2D eigenvalue weighted by Gasteiger charge is 2.18. The van der Waals surface area contributed by atoms with Gasteiger partial charge in [-0.3, -0.25) is 4.79 Å². The highest BCUT2D eigenvalue weighted by Crippen LogP contribution is 2.38. The van der Waals surface area contributed by atoms with Gasteiger partial charge in [0.25, 0.3) is 6.47 Å². The van der Waals surface area contributed by atoms with Crippen molar-refractivity contribution in [3.05, 3.63) is 30.5 Å². The molecule has 0 saturated carbocycles. The summed E-state index contributed by atoms with van der Waals surface area (Å²) in [7, 11) is 1.65. The molecule has 0 spiro atoms. The Bertz CT molecular complexity index is 1090. The molecule has 0 unspecified atom stereocenters. The maximum atomic E-state index is 10.2. The summed E-state index contributed by atoms with van der Waals surface area (Å²) in [4.78, 5) is 20.0. The number of ether oxygens (including phenoxy) is 2. The molecule has 9 nitrogen and oxygen atoms in total. The predicted octanol–water partition coefficient (Wildman–Crippen LogP) is 3.54. The maximum absolute atomic E-state index is 10.2. The van der Waals surface area contributed by atoms with Gasteiger partial charge in [-0.1, -0.05) is 0 Å². The molecule has 0 bridgehead atoms. The van der Waals surface area contributed by atoms with E-state index in [0.29, 0.717) is 30.3 Å². The molecular weight excluding hydrogens is 436 g/mol. The molecular formula is C25H34N4O5. The highest BCUT2D eigenvalue weighted by molar-refractivity contribution is 6.07. The molecule has 1 fully saturated rings. The summed E-state index contributed by atoms with van der Waals surface area (Å²) in [5, 5.41) is 22.3. The Hall–Kier alpha value is -3.17. The van der Waals surface area contributed by atoms with Crippen molar-refractivity contribution in [3.63, 3.8) is 0 Å². The van der Waals surface area contributed by atoms with E-state index in [1.807, 2.05) is 24.3 Å². The van der Waals surface area contributed by atoms with Crippen molar-refractivity contribution in [2.24, 2.45) is 0 Å². The number of methoxy groups -OCH3 is 1. The molecule has 184 valence electrons. The number of fused-ring (bicyclic) bond motifs is 2. The predicted molar refractivity (Wildman–Crippen MR) is 133 cm³/mol. The van der Waals surface area contributed by atoms with Gasteiger partial charge in [0.2, 0.25) is 0 Å². The summed E-state index contributed by atoms with van der Waals surface area (Å²) < 4.78 is 11.7. The van der Waals surface area contributed by atoms with Crippen molar-refractivity contribution >= 4 is 34.1 Å². The number of aromatic nitrogens is 2. The molecule has 1 aliphatic rings. The van der Waals surface area contributed by atoms with E-state index in [2.05, 4.69) is 15.2 Å². The van der Waals surface area contributed by atoms with E-state index in [0.717, 1.165) is 34.9 Å². The standard InChI is InChI=1S/C24H32N4O3.CH2O2/c1-24(2,29)16-26-22-17-8-6-9-25-23(17)27-19-15-21(20(30-3)14-18(19)22)31-13-7-12-28-10-4-5-11-28;2-1-3/h6,8-9,14-15,29H,4-5,7,10-13,16H2,1-3H3,(H,25,26,27);1H,(H,2,3). The number of hydrogen-bond donors (Lipinski definition) is 3. The van der Waals surface area contributed by atoms with Gasteiger partial charge in [-0.15, -0.1) is 0 Å². The number of carbonyl (C=O) groups is 1. The van der Waals surface area contributed by atoms with Crippen LogP contribution in [0.15, 0.2) is 30.5 Å². The van der Waals surface area contributed by atoms with Crippen LogP contribution in [0, 0.1) is 0 Å². The quantitative estimate of drug-likeness (QED) is 0.245. The minimum atomic E-state index is -0.855. The second-order valence-corrected chi connectivity index (χ2v) is 8.90. The molecule has 0 radical (unpaired) electrons. The Labute approximate surface area is 199 Å². The zero-order chi connectivity index (χ0) is 24.6. The summed E-state index contributed by atoms with van der Waals surface area (Å²) in [5.41, 5.74) is 1.46. The summed E-state index contributed by atoms with van der Waals surface area (Å²) in [6.07, 6.45) is 5.32. The Balaban J connectivity index is 0.00000103. The van der Waals surface area contributed by atoms with Crippen molar-refractivity contribution in [1.29, 1.82) is 0 Å². The Morgan fingerprint density at radius 2 is 1.94 bits per heavy atom. The van der Waals surface area contributed by atoms with Gasteiger partial charge in [0.1, 0.15) is 0 Å². The SMILES string of the molecule is COc1cc2c(NCC(C)(C)O)c3cccnc3nc2cc1OCCCN1CCCC1.O=CO. The number of hydrogen-bond acceptors (Lipinski definition) is 8. The number of benzene rings is 1. The van der Waals surface area contributed by atoms with E-state index in [1.54, 1.807) is 27.2 Å². The van der Waals surface area contributed by atoms with Crippen LogP contribution in [0.1, 0.15) is 33.1 Å². The molecule has 2 aromatic heterocycles. The van der Waals surface area contributed by atoms with Gasteiger partial charge < -0.3 is 29.9 Å². The van der Waals surface area contributed by atoms with Gasteiger partial charge in [-0.05, 0) is 64.4 Å². The fraction of sp³-hybridized carbons (Fsp3) is 0.480. The zero-order valence-electron chi connectivity index (χ0n) is 20.1. The molecule has 9 heteroatoms. The van der Waals surface area contributed by atoms with Gasteiger partial charge in [0.05, 0.1) is 30.5 Å². The first-order valence-electron chi connectivity index (χ1n) is 11.5. The summed E-state index contributed by atoms with van der Waals surface area (Å²) in [6, 6.07) is 7.75. The number of pyridine rings is 2. The molecule has 1 aliphatic heterocycles. The second-order valence-electron chi connectivity index (χ2n) is 8.90. The van der Waals surface area contributed by atoms with E-state index < -0.39 is 5.60 Å². The van der Waals surface area contributed by atoms with E-state index >= 15 is 0 Å². The monoisotopic (exact) mass is 470 g/mol. The van der Waals surface area contributed by atoms with Crippen LogP contribution in [0.2, 0.25) is 0 Å². The van der Waals surface area contributed by atoms with Crippen LogP contribution in [0.25, 0.3) is 21.9 Å². The molecule has 3 N–H and O–H groups in total. The average Bonchev–Trinajstić information content (AvgIpc) is 3.32. The lowest BCUT2D eigenvalue weighted by Crippen LogP contribution is -2.29. The third-order valence-corrected chi connectivity index (χ3v) is 5.61. The number of aliphatic hydroxyl groups is 1. The molecule has 0 atom stereocenters. The first kappa shape index (κ1) is 25.5. The van der Waals surface area contributed by atoms with Crippen LogP contribution in [-0.4, -0.2) is 77.0 Å².